The van der Waals surface area contributed by atoms with Gasteiger partial charge in [-0.2, -0.15) is 0 Å². The summed E-state index contributed by atoms with van der Waals surface area (Å²) in [6.07, 6.45) is 0. The Kier molecular flexibility index (Phi) is 5.48. The average molecular weight is 388 g/mol. The number of H-pyrrole nitrogens is 1. The van der Waals surface area contributed by atoms with Crippen LogP contribution in [0.2, 0.25) is 0 Å². The lowest BCUT2D eigenvalue weighted by Crippen LogP contribution is -2.23. The second-order valence-corrected chi connectivity index (χ2v) is 8.77. The number of hydrogen-bond acceptors (Lipinski definition) is 5. The van der Waals surface area contributed by atoms with Crippen molar-refractivity contribution in [1.29, 1.82) is 0 Å². The molecule has 2 heterocycles. The molecule has 1 atom stereocenters. The maximum absolute atomic E-state index is 12.4. The first-order valence-electron chi connectivity index (χ1n) is 8.34. The molecule has 3 rings (SSSR count). The number of nitrogens with one attached hydrogen (secondary N) is 2. The molecule has 2 N–H and O–H groups in total. The lowest BCUT2D eigenvalue weighted by atomic mass is 10.2. The molecule has 0 bridgehead atoms. The molecule has 0 aliphatic carbocycles. The van der Waals surface area contributed by atoms with E-state index in [-0.39, 0.29) is 16.7 Å². The van der Waals surface area contributed by atoms with Gasteiger partial charge < -0.3 is 10.3 Å². The van der Waals surface area contributed by atoms with Crippen LogP contribution in [0.1, 0.15) is 28.8 Å². The lowest BCUT2D eigenvalue weighted by molar-refractivity contribution is -0.115. The van der Waals surface area contributed by atoms with Crippen molar-refractivity contribution in [2.75, 3.05) is 5.32 Å². The van der Waals surface area contributed by atoms with E-state index in [1.807, 2.05) is 52.0 Å². The Morgan fingerprint density at radius 2 is 2.04 bits per heavy atom. The number of aromatic nitrogens is 2. The van der Waals surface area contributed by atoms with Gasteiger partial charge in [0.25, 0.3) is 5.56 Å². The van der Waals surface area contributed by atoms with E-state index in [1.54, 1.807) is 0 Å². The van der Waals surface area contributed by atoms with E-state index in [0.29, 0.717) is 17.0 Å². The van der Waals surface area contributed by atoms with Crippen LogP contribution in [0.3, 0.4) is 0 Å². The molecule has 0 fully saturated rings. The zero-order valence-corrected chi connectivity index (χ0v) is 16.8. The molecule has 0 radical (unpaired) electrons. The monoisotopic (exact) mass is 387 g/mol. The summed E-state index contributed by atoms with van der Waals surface area (Å²) < 4.78 is 0. The average Bonchev–Trinajstić information content (AvgIpc) is 2.89. The highest BCUT2D eigenvalue weighted by Gasteiger charge is 2.16. The van der Waals surface area contributed by atoms with Crippen LogP contribution in [0, 0.1) is 20.8 Å². The summed E-state index contributed by atoms with van der Waals surface area (Å²) in [6, 6.07) is 7.69. The number of carbonyl (C=O) groups excluding carboxylic acids is 1. The van der Waals surface area contributed by atoms with E-state index in [1.165, 1.54) is 23.1 Å². The number of thioether (sulfide) groups is 1. The largest absolute Gasteiger partial charge is 0.325 e. The zero-order valence-electron chi connectivity index (χ0n) is 15.2. The number of hydrogen-bond donors (Lipinski definition) is 2. The topological polar surface area (TPSA) is 74.8 Å². The van der Waals surface area contributed by atoms with Crippen molar-refractivity contribution in [3.63, 3.8) is 0 Å². The van der Waals surface area contributed by atoms with Crippen molar-refractivity contribution >= 4 is 44.9 Å². The number of anilines is 1. The van der Waals surface area contributed by atoms with Gasteiger partial charge in [-0.1, -0.05) is 18.2 Å². The van der Waals surface area contributed by atoms with Crippen molar-refractivity contribution < 1.29 is 4.79 Å². The molecule has 0 spiro atoms. The SMILES string of the molecule is Cc1ccccc1NC(=O)[C@H](C)SCc1nc2sc(C)c(C)c2c(=O)[nH]1. The van der Waals surface area contributed by atoms with Gasteiger partial charge in [-0.3, -0.25) is 9.59 Å². The number of aromatic amines is 1. The number of aryl methyl sites for hydroxylation is 3. The summed E-state index contributed by atoms with van der Waals surface area (Å²) in [6.45, 7) is 7.75. The van der Waals surface area contributed by atoms with Crippen LogP contribution in [0.15, 0.2) is 29.1 Å². The highest BCUT2D eigenvalue weighted by atomic mass is 32.2. The van der Waals surface area contributed by atoms with Gasteiger partial charge in [-0.15, -0.1) is 23.1 Å². The molecule has 136 valence electrons. The van der Waals surface area contributed by atoms with Gasteiger partial charge in [0.1, 0.15) is 10.7 Å². The molecule has 0 aliphatic rings. The van der Waals surface area contributed by atoms with Gasteiger partial charge in [0.05, 0.1) is 16.4 Å². The van der Waals surface area contributed by atoms with E-state index in [2.05, 4.69) is 15.3 Å². The van der Waals surface area contributed by atoms with E-state index in [0.717, 1.165) is 26.5 Å². The fraction of sp³-hybridized carbons (Fsp3) is 0.316. The predicted octanol–water partition coefficient (Wildman–Crippen LogP) is 4.17. The maximum atomic E-state index is 12.4. The molecule has 1 amide bonds. The van der Waals surface area contributed by atoms with Gasteiger partial charge >= 0.3 is 0 Å². The molecule has 0 saturated carbocycles. The van der Waals surface area contributed by atoms with Gasteiger partial charge in [0.2, 0.25) is 5.91 Å². The molecule has 0 aliphatic heterocycles. The Hall–Kier alpha value is -2.12. The number of amides is 1. The van der Waals surface area contributed by atoms with Crippen LogP contribution in [0.5, 0.6) is 0 Å². The van der Waals surface area contributed by atoms with Gasteiger partial charge in [0.15, 0.2) is 0 Å². The standard InChI is InChI=1S/C19H21N3O2S2/c1-10-7-5-6-8-14(10)20-17(23)13(4)25-9-15-21-18(24)16-11(2)12(3)26-19(16)22-15/h5-8,13H,9H2,1-4H3,(H,20,23)(H,21,22,24)/t13-/m0/s1. The fourth-order valence-electron chi connectivity index (χ4n) is 2.59. The number of fused-ring (bicyclic) bond motifs is 1. The minimum Gasteiger partial charge on any atom is -0.325 e. The van der Waals surface area contributed by atoms with Crippen LogP contribution in [-0.2, 0) is 10.5 Å². The minimum atomic E-state index is -0.262. The number of nitrogens with zero attached hydrogens (tertiary/aromatic N) is 1. The van der Waals surface area contributed by atoms with Crippen LogP contribution < -0.4 is 10.9 Å². The Balaban J connectivity index is 1.68. The van der Waals surface area contributed by atoms with Gasteiger partial charge in [-0.25, -0.2) is 4.98 Å². The van der Waals surface area contributed by atoms with E-state index in [4.69, 9.17) is 0 Å². The van der Waals surface area contributed by atoms with Crippen LogP contribution in [0.25, 0.3) is 10.2 Å². The zero-order chi connectivity index (χ0) is 18.8. The molecule has 5 nitrogen and oxygen atoms in total. The third kappa shape index (κ3) is 3.83. The summed E-state index contributed by atoms with van der Waals surface area (Å²) in [5, 5.41) is 3.36. The minimum absolute atomic E-state index is 0.0597. The van der Waals surface area contributed by atoms with E-state index in [9.17, 15) is 9.59 Å². The fourth-order valence-corrected chi connectivity index (χ4v) is 4.40. The second-order valence-electron chi connectivity index (χ2n) is 6.23. The third-order valence-electron chi connectivity index (χ3n) is 4.33. The Labute approximate surface area is 160 Å². The first-order valence-corrected chi connectivity index (χ1v) is 10.2. The third-order valence-corrected chi connectivity index (χ3v) is 6.59. The number of carbonyl (C=O) groups is 1. The van der Waals surface area contributed by atoms with E-state index >= 15 is 0 Å². The summed E-state index contributed by atoms with van der Waals surface area (Å²) in [4.78, 5) is 34.0. The first kappa shape index (κ1) is 18.7. The Morgan fingerprint density at radius 3 is 2.77 bits per heavy atom. The molecule has 0 unspecified atom stereocenters. The van der Waals surface area contributed by atoms with Crippen molar-refractivity contribution in [1.82, 2.24) is 9.97 Å². The molecule has 0 saturated heterocycles. The molecule has 3 aromatic rings. The summed E-state index contributed by atoms with van der Waals surface area (Å²) >= 11 is 2.98. The number of rotatable bonds is 5. The second kappa shape index (κ2) is 7.63. The number of benzene rings is 1. The molecular formula is C19H21N3O2S2. The van der Waals surface area contributed by atoms with E-state index < -0.39 is 0 Å². The highest BCUT2D eigenvalue weighted by molar-refractivity contribution is 7.99. The quantitative estimate of drug-likeness (QED) is 0.689. The van der Waals surface area contributed by atoms with Crippen molar-refractivity contribution in [2.24, 2.45) is 0 Å². The molecule has 7 heteroatoms. The Bertz CT molecular complexity index is 1020. The molecular weight excluding hydrogens is 366 g/mol. The number of para-hydroxylation sites is 1. The summed E-state index contributed by atoms with van der Waals surface area (Å²) in [7, 11) is 0. The van der Waals surface area contributed by atoms with Crippen molar-refractivity contribution in [3.8, 4) is 0 Å². The maximum Gasteiger partial charge on any atom is 0.259 e. The normalized spacial score (nSPS) is 12.3. The van der Waals surface area contributed by atoms with Crippen LogP contribution in [-0.4, -0.2) is 21.1 Å². The molecule has 2 aromatic heterocycles. The smallest absolute Gasteiger partial charge is 0.259 e. The lowest BCUT2D eigenvalue weighted by Gasteiger charge is -2.13. The van der Waals surface area contributed by atoms with Gasteiger partial charge in [-0.05, 0) is 44.9 Å². The van der Waals surface area contributed by atoms with Crippen molar-refractivity contribution in [3.05, 3.63) is 56.4 Å². The van der Waals surface area contributed by atoms with Crippen LogP contribution in [0.4, 0.5) is 5.69 Å². The first-order chi connectivity index (χ1) is 12.4. The molecule has 1 aromatic carbocycles. The van der Waals surface area contributed by atoms with Crippen LogP contribution >= 0.6 is 23.1 Å². The molecule has 26 heavy (non-hydrogen) atoms. The summed E-state index contributed by atoms with van der Waals surface area (Å²) in [5.41, 5.74) is 2.73. The number of thiophene rings is 1. The van der Waals surface area contributed by atoms with Crippen molar-refractivity contribution in [2.45, 2.75) is 38.7 Å². The van der Waals surface area contributed by atoms with Gasteiger partial charge in [0, 0.05) is 10.6 Å². The predicted molar refractivity (Wildman–Crippen MR) is 110 cm³/mol. The highest BCUT2D eigenvalue weighted by Crippen LogP contribution is 2.26. The Morgan fingerprint density at radius 1 is 1.31 bits per heavy atom. The summed E-state index contributed by atoms with van der Waals surface area (Å²) in [5.74, 6) is 1.02.